The van der Waals surface area contributed by atoms with Crippen LogP contribution in [0.25, 0.3) is 0 Å². The third-order valence-corrected chi connectivity index (χ3v) is 4.73. The van der Waals surface area contributed by atoms with Gasteiger partial charge in [-0.3, -0.25) is 0 Å². The zero-order valence-corrected chi connectivity index (χ0v) is 15.1. The number of aromatic nitrogens is 1. The second kappa shape index (κ2) is 6.03. The Hall–Kier alpha value is -3.99. The lowest BCUT2D eigenvalue weighted by molar-refractivity contribution is 0.408. The molecule has 0 bridgehead atoms. The van der Waals surface area contributed by atoms with Crippen LogP contribution in [0.5, 0.6) is 17.4 Å². The van der Waals surface area contributed by atoms with Crippen LogP contribution in [0, 0.1) is 25.2 Å². The zero-order valence-electron chi connectivity index (χ0n) is 15.1. The monoisotopic (exact) mass is 376 g/mol. The van der Waals surface area contributed by atoms with Crippen molar-refractivity contribution in [1.82, 2.24) is 4.98 Å². The molecule has 8 nitrogen and oxygen atoms in total. The lowest BCUT2D eigenvalue weighted by Crippen LogP contribution is -2.22. The molecular formula is C20H16N4O4. The van der Waals surface area contributed by atoms with E-state index in [4.69, 9.17) is 20.6 Å². The van der Waals surface area contributed by atoms with Gasteiger partial charge in [-0.05, 0) is 19.9 Å². The highest BCUT2D eigenvalue weighted by atomic mass is 16.5. The van der Waals surface area contributed by atoms with Gasteiger partial charge in [-0.15, -0.1) is 0 Å². The topological polar surface area (TPSA) is 148 Å². The Labute approximate surface area is 159 Å². The van der Waals surface area contributed by atoms with Crippen molar-refractivity contribution < 1.29 is 14.3 Å². The molecule has 1 atom stereocenters. The number of fused-ring (bicyclic) bond motifs is 2. The van der Waals surface area contributed by atoms with Crippen molar-refractivity contribution in [2.45, 2.75) is 19.8 Å². The summed E-state index contributed by atoms with van der Waals surface area (Å²) in [6.45, 7) is 3.45. The lowest BCUT2D eigenvalue weighted by atomic mass is 9.82. The lowest BCUT2D eigenvalue weighted by Gasteiger charge is -2.29. The molecule has 0 amide bonds. The largest absolute Gasteiger partial charge is 0.507 e. The van der Waals surface area contributed by atoms with E-state index in [0.717, 1.165) is 5.56 Å². The number of anilines is 2. The maximum atomic E-state index is 12.7. The summed E-state index contributed by atoms with van der Waals surface area (Å²) in [4.78, 5) is 16.8. The molecule has 1 aliphatic rings. The average molecular weight is 376 g/mol. The molecular weight excluding hydrogens is 360 g/mol. The van der Waals surface area contributed by atoms with E-state index >= 15 is 0 Å². The first-order valence-corrected chi connectivity index (χ1v) is 8.42. The first kappa shape index (κ1) is 17.4. The number of hydrogen-bond acceptors (Lipinski definition) is 8. The number of nitriles is 1. The summed E-state index contributed by atoms with van der Waals surface area (Å²) < 4.78 is 11.1. The Kier molecular flexibility index (Phi) is 3.75. The van der Waals surface area contributed by atoms with Crippen LogP contribution in [-0.4, -0.2) is 10.1 Å². The summed E-state index contributed by atoms with van der Waals surface area (Å²) in [5.41, 5.74) is 13.2. The molecule has 4 rings (SSSR count). The summed E-state index contributed by atoms with van der Waals surface area (Å²) in [5, 5.41) is 20.0. The van der Waals surface area contributed by atoms with Gasteiger partial charge in [0.25, 0.3) is 0 Å². The van der Waals surface area contributed by atoms with Gasteiger partial charge in [-0.25, -0.2) is 4.79 Å². The van der Waals surface area contributed by atoms with E-state index in [0.29, 0.717) is 11.3 Å². The van der Waals surface area contributed by atoms with E-state index < -0.39 is 11.5 Å². The third-order valence-electron chi connectivity index (χ3n) is 4.73. The first-order chi connectivity index (χ1) is 13.3. The summed E-state index contributed by atoms with van der Waals surface area (Å²) >= 11 is 0. The molecule has 3 aromatic rings. The highest BCUT2D eigenvalue weighted by Gasteiger charge is 2.37. The van der Waals surface area contributed by atoms with Crippen molar-refractivity contribution in [2.75, 3.05) is 11.5 Å². The minimum absolute atomic E-state index is 0.0100. The van der Waals surface area contributed by atoms with Crippen LogP contribution in [0.2, 0.25) is 0 Å². The van der Waals surface area contributed by atoms with E-state index in [9.17, 15) is 15.2 Å². The fourth-order valence-corrected chi connectivity index (χ4v) is 3.50. The zero-order chi connectivity index (χ0) is 20.2. The highest BCUT2D eigenvalue weighted by molar-refractivity contribution is 5.75. The normalized spacial score (nSPS) is 14.5. The predicted molar refractivity (Wildman–Crippen MR) is 101 cm³/mol. The summed E-state index contributed by atoms with van der Waals surface area (Å²) in [6.07, 6.45) is 0. The minimum Gasteiger partial charge on any atom is -0.507 e. The van der Waals surface area contributed by atoms with Gasteiger partial charge in [0, 0.05) is 11.6 Å². The molecule has 0 aliphatic carbocycles. The number of nitrogen functional groups attached to an aromatic ring is 2. The van der Waals surface area contributed by atoms with E-state index in [1.165, 1.54) is 6.07 Å². The van der Waals surface area contributed by atoms with Gasteiger partial charge >= 0.3 is 5.63 Å². The van der Waals surface area contributed by atoms with E-state index in [-0.39, 0.29) is 45.6 Å². The van der Waals surface area contributed by atoms with Gasteiger partial charge in [-0.1, -0.05) is 17.7 Å². The molecule has 3 heterocycles. The molecule has 0 radical (unpaired) electrons. The second-order valence-electron chi connectivity index (χ2n) is 6.64. The van der Waals surface area contributed by atoms with Crippen LogP contribution in [-0.2, 0) is 0 Å². The maximum Gasteiger partial charge on any atom is 0.343 e. The number of ether oxygens (including phenoxy) is 1. The van der Waals surface area contributed by atoms with Crippen molar-refractivity contribution >= 4 is 11.5 Å². The van der Waals surface area contributed by atoms with Crippen molar-refractivity contribution in [3.05, 3.63) is 68.3 Å². The smallest absolute Gasteiger partial charge is 0.343 e. The standard InChI is InChI=1S/C20H16N4O4/c1-8-3-4-13-10(5-8)14(15-12(25)6-9(2)27-20(15)26)16-17(22)11(7-21)18(23)24-19(16)28-13/h3-6,14,25H,1-2H3,(H4,22,23,24). The number of benzene rings is 1. The van der Waals surface area contributed by atoms with Crippen molar-refractivity contribution in [3.63, 3.8) is 0 Å². The number of rotatable bonds is 1. The number of pyridine rings is 1. The van der Waals surface area contributed by atoms with Crippen molar-refractivity contribution in [3.8, 4) is 23.4 Å². The Bertz CT molecular complexity index is 1240. The molecule has 0 fully saturated rings. The van der Waals surface area contributed by atoms with Crippen LogP contribution < -0.4 is 21.8 Å². The molecule has 8 heteroatoms. The summed E-state index contributed by atoms with van der Waals surface area (Å²) in [5.74, 6) is -0.366. The predicted octanol–water partition coefficient (Wildman–Crippen LogP) is 2.68. The van der Waals surface area contributed by atoms with Gasteiger partial charge in [0.1, 0.15) is 34.7 Å². The Morgan fingerprint density at radius 3 is 2.64 bits per heavy atom. The molecule has 0 saturated heterocycles. The maximum absolute atomic E-state index is 12.7. The molecule has 140 valence electrons. The molecule has 1 aliphatic heterocycles. The van der Waals surface area contributed by atoms with Gasteiger partial charge < -0.3 is 25.7 Å². The number of nitrogens with two attached hydrogens (primary N) is 2. The van der Waals surface area contributed by atoms with Gasteiger partial charge in [-0.2, -0.15) is 10.2 Å². The SMILES string of the molecule is Cc1ccc2c(c1)C(c1c(O)cc(C)oc1=O)c1c(nc(N)c(C#N)c1N)O2. The number of aryl methyl sites for hydroxylation is 2. The second-order valence-corrected chi connectivity index (χ2v) is 6.64. The number of aromatic hydroxyl groups is 1. The van der Waals surface area contributed by atoms with E-state index in [2.05, 4.69) is 4.98 Å². The highest BCUT2D eigenvalue weighted by Crippen LogP contribution is 2.51. The third kappa shape index (κ3) is 2.45. The van der Waals surface area contributed by atoms with E-state index in [1.54, 1.807) is 13.0 Å². The van der Waals surface area contributed by atoms with Gasteiger partial charge in [0.05, 0.1) is 22.7 Å². The van der Waals surface area contributed by atoms with Crippen LogP contribution in [0.1, 0.15) is 39.5 Å². The van der Waals surface area contributed by atoms with Gasteiger partial charge in [0.2, 0.25) is 5.88 Å². The fourth-order valence-electron chi connectivity index (χ4n) is 3.50. The summed E-state index contributed by atoms with van der Waals surface area (Å²) in [7, 11) is 0. The Morgan fingerprint density at radius 1 is 1.21 bits per heavy atom. The fraction of sp³-hybridized carbons (Fsp3) is 0.150. The molecule has 2 aromatic heterocycles. The Balaban J connectivity index is 2.14. The average Bonchev–Trinajstić information content (AvgIpc) is 2.61. The molecule has 5 N–H and O–H groups in total. The van der Waals surface area contributed by atoms with Crippen LogP contribution >= 0.6 is 0 Å². The van der Waals surface area contributed by atoms with Gasteiger partial charge in [0.15, 0.2) is 0 Å². The van der Waals surface area contributed by atoms with E-state index in [1.807, 2.05) is 25.1 Å². The van der Waals surface area contributed by atoms with Crippen LogP contribution in [0.3, 0.4) is 0 Å². The van der Waals surface area contributed by atoms with Crippen LogP contribution in [0.4, 0.5) is 11.5 Å². The van der Waals surface area contributed by atoms with Crippen LogP contribution in [0.15, 0.2) is 33.5 Å². The van der Waals surface area contributed by atoms with Crippen molar-refractivity contribution in [1.29, 1.82) is 5.26 Å². The molecule has 28 heavy (non-hydrogen) atoms. The summed E-state index contributed by atoms with van der Waals surface area (Å²) in [6, 6.07) is 8.68. The molecule has 0 spiro atoms. The molecule has 0 saturated carbocycles. The first-order valence-electron chi connectivity index (χ1n) is 8.42. The number of hydrogen-bond donors (Lipinski definition) is 3. The Morgan fingerprint density at radius 2 is 1.96 bits per heavy atom. The van der Waals surface area contributed by atoms with Crippen molar-refractivity contribution in [2.24, 2.45) is 0 Å². The number of nitrogens with zero attached hydrogens (tertiary/aromatic N) is 2. The molecule has 1 aromatic carbocycles. The molecule has 1 unspecified atom stereocenters. The minimum atomic E-state index is -0.837. The quantitative estimate of drug-likeness (QED) is 0.459.